The third-order valence-electron chi connectivity index (χ3n) is 4.85. The highest BCUT2D eigenvalue weighted by Gasteiger charge is 2.29. The lowest BCUT2D eigenvalue weighted by Crippen LogP contribution is -2.40. The van der Waals surface area contributed by atoms with Crippen LogP contribution >= 0.6 is 0 Å². The van der Waals surface area contributed by atoms with Gasteiger partial charge in [-0.15, -0.1) is 0 Å². The summed E-state index contributed by atoms with van der Waals surface area (Å²) in [5, 5.41) is 2.81. The smallest absolute Gasteiger partial charge is 0.269 e. The Kier molecular flexibility index (Phi) is 6.52. The van der Waals surface area contributed by atoms with Gasteiger partial charge in [0, 0.05) is 27.2 Å². The zero-order valence-corrected chi connectivity index (χ0v) is 18.4. The molecule has 1 heterocycles. The number of hydrogen-bond acceptors (Lipinski definition) is 6. The van der Waals surface area contributed by atoms with E-state index in [0.29, 0.717) is 36.0 Å². The first-order chi connectivity index (χ1) is 14.3. The molecule has 0 radical (unpaired) electrons. The SMILES string of the molecule is CCN(CC)S(=O)(=O)c1ccc(N(C)C)c(NC(=O)C2COc3ccccc3O2)c1. The fourth-order valence-electron chi connectivity index (χ4n) is 3.24. The van der Waals surface area contributed by atoms with Gasteiger partial charge in [-0.1, -0.05) is 26.0 Å². The van der Waals surface area contributed by atoms with E-state index in [0.717, 1.165) is 0 Å². The summed E-state index contributed by atoms with van der Waals surface area (Å²) in [6.45, 7) is 4.37. The Hall–Kier alpha value is -2.78. The van der Waals surface area contributed by atoms with Gasteiger partial charge in [0.1, 0.15) is 6.61 Å². The van der Waals surface area contributed by atoms with Crippen molar-refractivity contribution in [3.05, 3.63) is 42.5 Å². The van der Waals surface area contributed by atoms with E-state index >= 15 is 0 Å². The number of benzene rings is 2. The monoisotopic (exact) mass is 433 g/mol. The number of hydrogen-bond donors (Lipinski definition) is 1. The molecule has 0 saturated heterocycles. The number of sulfonamides is 1. The molecule has 0 spiro atoms. The molecule has 1 aliphatic rings. The van der Waals surface area contributed by atoms with Gasteiger partial charge in [0.15, 0.2) is 11.5 Å². The second-order valence-electron chi connectivity index (χ2n) is 7.02. The molecular formula is C21H27N3O5S. The van der Waals surface area contributed by atoms with Crippen LogP contribution in [0.25, 0.3) is 0 Å². The minimum Gasteiger partial charge on any atom is -0.485 e. The summed E-state index contributed by atoms with van der Waals surface area (Å²) in [5.41, 5.74) is 1.07. The summed E-state index contributed by atoms with van der Waals surface area (Å²) in [6, 6.07) is 11.8. The van der Waals surface area contributed by atoms with Crippen molar-refractivity contribution in [3.63, 3.8) is 0 Å². The molecule has 0 fully saturated rings. The average Bonchev–Trinajstić information content (AvgIpc) is 2.73. The first-order valence-corrected chi connectivity index (χ1v) is 11.2. The van der Waals surface area contributed by atoms with Crippen LogP contribution in [-0.2, 0) is 14.8 Å². The topological polar surface area (TPSA) is 88.2 Å². The van der Waals surface area contributed by atoms with Crippen molar-refractivity contribution in [2.24, 2.45) is 0 Å². The third-order valence-corrected chi connectivity index (χ3v) is 6.90. The molecule has 9 heteroatoms. The largest absolute Gasteiger partial charge is 0.485 e. The molecule has 0 aliphatic carbocycles. The Bertz CT molecular complexity index is 1020. The van der Waals surface area contributed by atoms with Crippen LogP contribution in [0.4, 0.5) is 11.4 Å². The van der Waals surface area contributed by atoms with Crippen LogP contribution in [0.2, 0.25) is 0 Å². The summed E-state index contributed by atoms with van der Waals surface area (Å²) in [5.74, 6) is 0.669. The number of rotatable bonds is 7. The Morgan fingerprint density at radius 3 is 2.40 bits per heavy atom. The van der Waals surface area contributed by atoms with Crippen molar-refractivity contribution in [1.82, 2.24) is 4.31 Å². The van der Waals surface area contributed by atoms with Crippen LogP contribution in [0.5, 0.6) is 11.5 Å². The third kappa shape index (κ3) is 4.36. The summed E-state index contributed by atoms with van der Waals surface area (Å²) in [7, 11) is -0.0203. The first kappa shape index (κ1) is 21.9. The van der Waals surface area contributed by atoms with E-state index in [9.17, 15) is 13.2 Å². The van der Waals surface area contributed by atoms with Crippen molar-refractivity contribution in [3.8, 4) is 11.5 Å². The Morgan fingerprint density at radius 1 is 1.10 bits per heavy atom. The van der Waals surface area contributed by atoms with Gasteiger partial charge >= 0.3 is 0 Å². The maximum absolute atomic E-state index is 12.9. The normalized spacial score (nSPS) is 15.7. The molecule has 1 amide bonds. The van der Waals surface area contributed by atoms with E-state index in [4.69, 9.17) is 9.47 Å². The van der Waals surface area contributed by atoms with Gasteiger partial charge in [-0.25, -0.2) is 8.42 Å². The number of nitrogens with zero attached hydrogens (tertiary/aromatic N) is 2. The highest BCUT2D eigenvalue weighted by atomic mass is 32.2. The minimum atomic E-state index is -3.66. The van der Waals surface area contributed by atoms with Gasteiger partial charge in [0.25, 0.3) is 5.91 Å². The molecule has 30 heavy (non-hydrogen) atoms. The minimum absolute atomic E-state index is 0.0670. The summed E-state index contributed by atoms with van der Waals surface area (Å²) in [4.78, 5) is 14.8. The van der Waals surface area contributed by atoms with E-state index in [1.54, 1.807) is 49.1 Å². The fraction of sp³-hybridized carbons (Fsp3) is 0.381. The molecule has 162 valence electrons. The van der Waals surface area contributed by atoms with Gasteiger partial charge in [0.05, 0.1) is 16.3 Å². The van der Waals surface area contributed by atoms with Crippen molar-refractivity contribution in [1.29, 1.82) is 0 Å². The summed E-state index contributed by atoms with van der Waals surface area (Å²) in [6.07, 6.45) is -0.849. The summed E-state index contributed by atoms with van der Waals surface area (Å²) >= 11 is 0. The molecule has 1 aliphatic heterocycles. The van der Waals surface area contributed by atoms with E-state index < -0.39 is 22.0 Å². The Morgan fingerprint density at radius 2 is 1.77 bits per heavy atom. The van der Waals surface area contributed by atoms with Gasteiger partial charge in [-0.05, 0) is 30.3 Å². The second-order valence-corrected chi connectivity index (χ2v) is 8.95. The van der Waals surface area contributed by atoms with Crippen molar-refractivity contribution in [2.75, 3.05) is 44.0 Å². The molecule has 2 aromatic rings. The predicted molar refractivity (Wildman–Crippen MR) is 116 cm³/mol. The maximum Gasteiger partial charge on any atom is 0.269 e. The van der Waals surface area contributed by atoms with Crippen molar-refractivity contribution < 1.29 is 22.7 Å². The zero-order chi connectivity index (χ0) is 21.9. The van der Waals surface area contributed by atoms with Crippen LogP contribution in [0.15, 0.2) is 47.4 Å². The van der Waals surface area contributed by atoms with Crippen molar-refractivity contribution in [2.45, 2.75) is 24.8 Å². The number of ether oxygens (including phenoxy) is 2. The molecule has 2 aromatic carbocycles. The number of para-hydroxylation sites is 2. The number of carbonyl (C=O) groups excluding carboxylic acids is 1. The Balaban J connectivity index is 1.88. The maximum atomic E-state index is 12.9. The van der Waals surface area contributed by atoms with Crippen molar-refractivity contribution >= 4 is 27.3 Å². The number of nitrogens with one attached hydrogen (secondary N) is 1. The molecular weight excluding hydrogens is 406 g/mol. The van der Waals surface area contributed by atoms with Crippen LogP contribution in [0.1, 0.15) is 13.8 Å². The molecule has 0 aromatic heterocycles. The van der Waals surface area contributed by atoms with E-state index in [1.165, 1.54) is 10.4 Å². The summed E-state index contributed by atoms with van der Waals surface area (Å²) < 4.78 is 38.6. The van der Waals surface area contributed by atoms with E-state index in [-0.39, 0.29) is 11.5 Å². The van der Waals surface area contributed by atoms with Gasteiger partial charge in [0.2, 0.25) is 16.1 Å². The van der Waals surface area contributed by atoms with Gasteiger partial charge in [-0.2, -0.15) is 4.31 Å². The first-order valence-electron chi connectivity index (χ1n) is 9.78. The number of fused-ring (bicyclic) bond motifs is 1. The number of carbonyl (C=O) groups is 1. The fourth-order valence-corrected chi connectivity index (χ4v) is 4.73. The zero-order valence-electron chi connectivity index (χ0n) is 17.6. The van der Waals surface area contributed by atoms with E-state index in [2.05, 4.69) is 5.32 Å². The molecule has 1 atom stereocenters. The molecule has 0 bridgehead atoms. The molecule has 1 N–H and O–H groups in total. The lowest BCUT2D eigenvalue weighted by Gasteiger charge is -2.27. The Labute approximate surface area is 177 Å². The number of anilines is 2. The second kappa shape index (κ2) is 8.93. The highest BCUT2D eigenvalue weighted by molar-refractivity contribution is 7.89. The van der Waals surface area contributed by atoms with Crippen LogP contribution < -0.4 is 19.7 Å². The van der Waals surface area contributed by atoms with Crippen LogP contribution in [0, 0.1) is 0 Å². The molecule has 1 unspecified atom stereocenters. The molecule has 0 saturated carbocycles. The van der Waals surface area contributed by atoms with Gasteiger partial charge < -0.3 is 19.7 Å². The molecule has 3 rings (SSSR count). The lowest BCUT2D eigenvalue weighted by atomic mass is 10.2. The quantitative estimate of drug-likeness (QED) is 0.722. The molecule has 8 nitrogen and oxygen atoms in total. The van der Waals surface area contributed by atoms with Crippen LogP contribution in [0.3, 0.4) is 0 Å². The average molecular weight is 434 g/mol. The van der Waals surface area contributed by atoms with E-state index in [1.807, 2.05) is 20.2 Å². The lowest BCUT2D eigenvalue weighted by molar-refractivity contribution is -0.125. The van der Waals surface area contributed by atoms with Gasteiger partial charge in [-0.3, -0.25) is 4.79 Å². The predicted octanol–water partition coefficient (Wildman–Crippen LogP) is 2.56. The highest BCUT2D eigenvalue weighted by Crippen LogP contribution is 2.32. The standard InChI is InChI=1S/C21H27N3O5S/c1-5-24(6-2)30(26,27)15-11-12-17(23(3)4)16(13-15)22-21(25)20-14-28-18-9-7-8-10-19(18)29-20/h7-13,20H,5-6,14H2,1-4H3,(H,22,25). The number of amides is 1. The van der Waals surface area contributed by atoms with Crippen LogP contribution in [-0.4, -0.2) is 58.5 Å².